The van der Waals surface area contributed by atoms with Crippen LogP contribution in [0.4, 0.5) is 0 Å². The molecule has 172 valence electrons. The van der Waals surface area contributed by atoms with Gasteiger partial charge in [0.25, 0.3) is 0 Å². The van der Waals surface area contributed by atoms with Crippen LogP contribution in [0.2, 0.25) is 5.02 Å². The first-order valence-corrected chi connectivity index (χ1v) is 12.5. The average molecular weight is 478 g/mol. The number of carbonyl (C=O) groups is 2. The van der Waals surface area contributed by atoms with Gasteiger partial charge in [-0.25, -0.2) is 8.42 Å². The van der Waals surface area contributed by atoms with Gasteiger partial charge in [-0.3, -0.25) is 9.59 Å². The Bertz CT molecular complexity index is 1040. The number of halogens is 1. The summed E-state index contributed by atoms with van der Waals surface area (Å²) in [5.41, 5.74) is 1.82. The van der Waals surface area contributed by atoms with Crippen LogP contribution in [-0.2, 0) is 26.2 Å². The van der Waals surface area contributed by atoms with Crippen molar-refractivity contribution >= 4 is 33.4 Å². The highest BCUT2D eigenvalue weighted by molar-refractivity contribution is 7.89. The van der Waals surface area contributed by atoms with E-state index in [0.29, 0.717) is 18.0 Å². The fourth-order valence-corrected chi connectivity index (χ4v) is 5.57. The first-order valence-electron chi connectivity index (χ1n) is 10.7. The van der Waals surface area contributed by atoms with E-state index in [1.807, 2.05) is 6.92 Å². The van der Waals surface area contributed by atoms with Gasteiger partial charge >= 0.3 is 11.8 Å². The minimum atomic E-state index is -3.61. The molecule has 0 radical (unpaired) electrons. The predicted molar refractivity (Wildman–Crippen MR) is 124 cm³/mol. The molecule has 0 aliphatic carbocycles. The van der Waals surface area contributed by atoms with Crippen LogP contribution in [0.15, 0.2) is 53.4 Å². The maximum atomic E-state index is 13.1. The summed E-state index contributed by atoms with van der Waals surface area (Å²) in [6, 6.07) is 13.6. The van der Waals surface area contributed by atoms with Gasteiger partial charge in [0.05, 0.1) is 4.90 Å². The van der Waals surface area contributed by atoms with Gasteiger partial charge in [-0.1, -0.05) is 47.9 Å². The second kappa shape index (κ2) is 10.9. The lowest BCUT2D eigenvalue weighted by atomic mass is 10.0. The molecule has 9 heteroatoms. The summed E-state index contributed by atoms with van der Waals surface area (Å²) in [6.07, 6.45) is 2.91. The summed E-state index contributed by atoms with van der Waals surface area (Å²) >= 11 is 5.83. The Kier molecular flexibility index (Phi) is 8.28. The molecule has 0 aromatic heterocycles. The molecule has 1 fully saturated rings. The van der Waals surface area contributed by atoms with E-state index in [-0.39, 0.29) is 24.0 Å². The van der Waals surface area contributed by atoms with Crippen molar-refractivity contribution in [1.29, 1.82) is 0 Å². The predicted octanol–water partition coefficient (Wildman–Crippen LogP) is 3.01. The number of rotatable bonds is 7. The molecule has 1 atom stereocenters. The molecule has 1 unspecified atom stereocenters. The summed E-state index contributed by atoms with van der Waals surface area (Å²) in [5.74, 6) is -1.46. The second-order valence-electron chi connectivity index (χ2n) is 7.93. The molecule has 1 aliphatic rings. The monoisotopic (exact) mass is 477 g/mol. The van der Waals surface area contributed by atoms with Gasteiger partial charge in [0, 0.05) is 30.7 Å². The first kappa shape index (κ1) is 24.2. The van der Waals surface area contributed by atoms with Crippen molar-refractivity contribution in [1.82, 2.24) is 14.9 Å². The van der Waals surface area contributed by atoms with E-state index < -0.39 is 21.8 Å². The average Bonchev–Trinajstić information content (AvgIpc) is 2.79. The smallest absolute Gasteiger partial charge is 0.309 e. The van der Waals surface area contributed by atoms with E-state index in [9.17, 15) is 18.0 Å². The van der Waals surface area contributed by atoms with Crippen LogP contribution >= 0.6 is 11.6 Å². The van der Waals surface area contributed by atoms with Crippen molar-refractivity contribution < 1.29 is 18.0 Å². The summed E-state index contributed by atoms with van der Waals surface area (Å²) in [4.78, 5) is 24.4. The van der Waals surface area contributed by atoms with Gasteiger partial charge < -0.3 is 10.6 Å². The van der Waals surface area contributed by atoms with Gasteiger partial charge in [0.2, 0.25) is 10.0 Å². The van der Waals surface area contributed by atoms with Crippen LogP contribution < -0.4 is 10.6 Å². The summed E-state index contributed by atoms with van der Waals surface area (Å²) in [5, 5.41) is 5.76. The van der Waals surface area contributed by atoms with Crippen LogP contribution in [0.1, 0.15) is 36.8 Å². The molecule has 1 aliphatic heterocycles. The van der Waals surface area contributed by atoms with Gasteiger partial charge in [-0.2, -0.15) is 4.31 Å². The lowest BCUT2D eigenvalue weighted by Gasteiger charge is -2.34. The second-order valence-corrected chi connectivity index (χ2v) is 10.3. The first-order chi connectivity index (χ1) is 15.3. The highest BCUT2D eigenvalue weighted by Gasteiger charge is 2.33. The molecule has 2 N–H and O–H groups in total. The van der Waals surface area contributed by atoms with E-state index in [0.717, 1.165) is 30.4 Å². The number of amides is 2. The Morgan fingerprint density at radius 2 is 1.66 bits per heavy atom. The minimum absolute atomic E-state index is 0.215. The summed E-state index contributed by atoms with van der Waals surface area (Å²) in [6.45, 7) is 2.80. The number of aryl methyl sites for hydroxylation is 1. The van der Waals surface area contributed by atoms with Gasteiger partial charge in [-0.15, -0.1) is 0 Å². The van der Waals surface area contributed by atoms with Crippen molar-refractivity contribution in [3.8, 4) is 0 Å². The molecule has 2 amide bonds. The fourth-order valence-electron chi connectivity index (χ4n) is 3.72. The number of carbonyl (C=O) groups excluding carboxylic acids is 2. The van der Waals surface area contributed by atoms with Crippen LogP contribution in [0.5, 0.6) is 0 Å². The lowest BCUT2D eigenvalue weighted by molar-refractivity contribution is -0.139. The molecule has 3 rings (SSSR count). The third-order valence-corrected chi connectivity index (χ3v) is 7.75. The Hall–Kier alpha value is -2.42. The van der Waals surface area contributed by atoms with E-state index in [1.54, 1.807) is 48.5 Å². The summed E-state index contributed by atoms with van der Waals surface area (Å²) in [7, 11) is -3.61. The number of hydrogen-bond donors (Lipinski definition) is 2. The third-order valence-electron chi connectivity index (χ3n) is 5.54. The van der Waals surface area contributed by atoms with Crippen molar-refractivity contribution in [2.24, 2.45) is 0 Å². The Labute approximate surface area is 194 Å². The number of nitrogens with one attached hydrogen (secondary N) is 2. The van der Waals surface area contributed by atoms with Crippen molar-refractivity contribution in [3.63, 3.8) is 0 Å². The minimum Gasteiger partial charge on any atom is -0.348 e. The standard InChI is InChI=1S/C23H28ClN3O4S/c1-17-5-11-21(12-6-17)32(30,31)27-15-3-2-4-20(27)13-14-25-22(28)23(29)26-16-18-7-9-19(24)10-8-18/h5-12,20H,2-4,13-16H2,1H3,(H,25,28)(H,26,29). The van der Waals surface area contributed by atoms with Crippen molar-refractivity contribution in [2.45, 2.75) is 50.1 Å². The Balaban J connectivity index is 1.51. The highest BCUT2D eigenvalue weighted by atomic mass is 35.5. The van der Waals surface area contributed by atoms with Crippen LogP contribution in [0.3, 0.4) is 0 Å². The molecule has 2 aromatic carbocycles. The zero-order valence-electron chi connectivity index (χ0n) is 18.0. The quantitative estimate of drug-likeness (QED) is 0.599. The number of nitrogens with zero attached hydrogens (tertiary/aromatic N) is 1. The van der Waals surface area contributed by atoms with Crippen molar-refractivity contribution in [2.75, 3.05) is 13.1 Å². The van der Waals surface area contributed by atoms with Crippen LogP contribution in [-0.4, -0.2) is 43.7 Å². The molecule has 0 bridgehead atoms. The van der Waals surface area contributed by atoms with Gasteiger partial charge in [0.1, 0.15) is 0 Å². The number of hydrogen-bond acceptors (Lipinski definition) is 4. The van der Waals surface area contributed by atoms with Gasteiger partial charge in [0.15, 0.2) is 0 Å². The third kappa shape index (κ3) is 6.31. The van der Waals surface area contributed by atoms with Crippen LogP contribution in [0, 0.1) is 6.92 Å². The maximum absolute atomic E-state index is 13.1. The maximum Gasteiger partial charge on any atom is 0.309 e. The zero-order chi connectivity index (χ0) is 23.1. The molecule has 2 aromatic rings. The molecule has 32 heavy (non-hydrogen) atoms. The van der Waals surface area contributed by atoms with E-state index in [2.05, 4.69) is 10.6 Å². The Morgan fingerprint density at radius 3 is 2.34 bits per heavy atom. The lowest BCUT2D eigenvalue weighted by Crippen LogP contribution is -2.46. The van der Waals surface area contributed by atoms with E-state index in [1.165, 1.54) is 4.31 Å². The highest BCUT2D eigenvalue weighted by Crippen LogP contribution is 2.27. The summed E-state index contributed by atoms with van der Waals surface area (Å²) < 4.78 is 27.8. The number of piperidine rings is 1. The molecular formula is C23H28ClN3O4S. The molecule has 1 heterocycles. The normalized spacial score (nSPS) is 17.0. The van der Waals surface area contributed by atoms with E-state index in [4.69, 9.17) is 11.6 Å². The van der Waals surface area contributed by atoms with Crippen molar-refractivity contribution in [3.05, 3.63) is 64.7 Å². The van der Waals surface area contributed by atoms with Gasteiger partial charge in [-0.05, 0) is 56.0 Å². The topological polar surface area (TPSA) is 95.6 Å². The molecule has 1 saturated heterocycles. The zero-order valence-corrected chi connectivity index (χ0v) is 19.6. The largest absolute Gasteiger partial charge is 0.348 e. The van der Waals surface area contributed by atoms with Crippen LogP contribution in [0.25, 0.3) is 0 Å². The molecular weight excluding hydrogens is 450 g/mol. The molecule has 0 saturated carbocycles. The molecule has 7 nitrogen and oxygen atoms in total. The Morgan fingerprint density at radius 1 is 1.00 bits per heavy atom. The van der Waals surface area contributed by atoms with E-state index >= 15 is 0 Å². The fraction of sp³-hybridized carbons (Fsp3) is 0.391. The number of benzene rings is 2. The molecule has 0 spiro atoms. The SMILES string of the molecule is Cc1ccc(S(=O)(=O)N2CCCCC2CCNC(=O)C(=O)NCc2ccc(Cl)cc2)cc1. The number of sulfonamides is 1.